The van der Waals surface area contributed by atoms with Crippen LogP contribution in [0.1, 0.15) is 84.6 Å². The van der Waals surface area contributed by atoms with Gasteiger partial charge in [-0.15, -0.1) is 0 Å². The molecule has 3 aromatic rings. The Morgan fingerprint density at radius 3 is 1.36 bits per heavy atom. The molecule has 0 spiro atoms. The second-order valence-corrected chi connectivity index (χ2v) is 16.6. The molecule has 10 unspecified atom stereocenters. The third-order valence-electron chi connectivity index (χ3n) is 12.7. The van der Waals surface area contributed by atoms with Gasteiger partial charge in [0.2, 0.25) is 11.8 Å². The lowest BCUT2D eigenvalue weighted by Crippen LogP contribution is -2.64. The standard InChI is InChI=1S/C46H56N6O12/c1-7-23-19(3)27-13-28-20(4)24(8-2)32(48-28)15-30-22(6)26(10-12-38(56)52-40-44(60)42(58)36(18-54)64-46(40)62)34(50-30)16-33-25(21(5)29(49-33)14-31(23)47-27)9-11-37(55)51-39-43(59)41(57)35(17-53)63-45(39)61/h7-8,13-16,35-36,39-48,53-54,57-62H,1-2,9-12,17-18H2,3-6H3,(H,51,55)(H,52,56). The van der Waals surface area contributed by atoms with Crippen LogP contribution in [0.15, 0.2) is 37.4 Å². The maximum absolute atomic E-state index is 13.5. The highest BCUT2D eigenvalue weighted by Gasteiger charge is 2.45. The molecule has 3 aromatic heterocycles. The van der Waals surface area contributed by atoms with Gasteiger partial charge in [-0.2, -0.15) is 0 Å². The Morgan fingerprint density at radius 2 is 1.00 bits per heavy atom. The van der Waals surface area contributed by atoms with Crippen molar-refractivity contribution in [2.24, 2.45) is 0 Å². The maximum atomic E-state index is 13.5. The van der Waals surface area contributed by atoms with Crippen LogP contribution in [0.4, 0.5) is 0 Å². The monoisotopic (exact) mass is 884 g/mol. The van der Waals surface area contributed by atoms with E-state index in [1.54, 1.807) is 18.2 Å². The van der Waals surface area contributed by atoms with Crippen molar-refractivity contribution in [2.75, 3.05) is 13.2 Å². The molecule has 0 aliphatic carbocycles. The van der Waals surface area contributed by atoms with E-state index >= 15 is 0 Å². The minimum absolute atomic E-state index is 0.130. The maximum Gasteiger partial charge on any atom is 0.220 e. The van der Waals surface area contributed by atoms with Crippen molar-refractivity contribution in [1.29, 1.82) is 0 Å². The number of allylic oxidation sites excluding steroid dienone is 4. The summed E-state index contributed by atoms with van der Waals surface area (Å²) >= 11 is 0. The molecule has 2 amide bonds. The van der Waals surface area contributed by atoms with Crippen LogP contribution >= 0.6 is 0 Å². The molecule has 0 saturated carbocycles. The van der Waals surface area contributed by atoms with E-state index in [1.807, 2.05) is 45.9 Å². The van der Waals surface area contributed by atoms with Crippen LogP contribution in [-0.4, -0.2) is 147 Å². The van der Waals surface area contributed by atoms with Gasteiger partial charge in [0, 0.05) is 46.0 Å². The fraction of sp³-hybridized carbons (Fsp3) is 0.435. The van der Waals surface area contributed by atoms with Crippen LogP contribution in [0.3, 0.4) is 0 Å². The predicted molar refractivity (Wildman–Crippen MR) is 238 cm³/mol. The Balaban J connectivity index is 1.30. The number of carbonyl (C=O) groups is 2. The molecule has 18 heteroatoms. The summed E-state index contributed by atoms with van der Waals surface area (Å²) in [6, 6.07) is 4.88. The number of fused-ring (bicyclic) bond motifs is 8. The number of aliphatic hydroxyl groups is 8. The number of hydrogen-bond donors (Lipinski definition) is 12. The number of amides is 2. The normalized spacial score (nSPS) is 27.1. The quantitative estimate of drug-likeness (QED) is 0.123. The summed E-state index contributed by atoms with van der Waals surface area (Å²) < 4.78 is 10.4. The first-order valence-corrected chi connectivity index (χ1v) is 21.1. The first kappa shape index (κ1) is 46.6. The van der Waals surface area contributed by atoms with Gasteiger partial charge in [-0.1, -0.05) is 25.3 Å². The number of ether oxygens (including phenoxy) is 2. The van der Waals surface area contributed by atoms with E-state index in [1.165, 1.54) is 0 Å². The van der Waals surface area contributed by atoms with E-state index in [9.17, 15) is 50.4 Å². The molecule has 2 saturated heterocycles. The van der Waals surface area contributed by atoms with Crippen LogP contribution in [0.5, 0.6) is 0 Å². The van der Waals surface area contributed by atoms with Crippen LogP contribution in [0, 0.1) is 13.8 Å². The van der Waals surface area contributed by atoms with E-state index in [4.69, 9.17) is 19.4 Å². The second kappa shape index (κ2) is 19.0. The van der Waals surface area contributed by atoms with Gasteiger partial charge in [0.1, 0.15) is 48.7 Å². The highest BCUT2D eigenvalue weighted by molar-refractivity contribution is 5.97. The topological polar surface area (TPSA) is 296 Å². The highest BCUT2D eigenvalue weighted by Crippen LogP contribution is 2.38. The van der Waals surface area contributed by atoms with Crippen molar-refractivity contribution in [3.63, 3.8) is 0 Å². The van der Waals surface area contributed by atoms with Crippen LogP contribution in [0.2, 0.25) is 0 Å². The zero-order chi connectivity index (χ0) is 46.3. The van der Waals surface area contributed by atoms with Gasteiger partial charge in [0.05, 0.1) is 36.0 Å². The number of H-pyrrole nitrogens is 2. The summed E-state index contributed by atoms with van der Waals surface area (Å²) in [7, 11) is 0. The third kappa shape index (κ3) is 8.86. The van der Waals surface area contributed by atoms with E-state index in [-0.39, 0.29) is 25.7 Å². The van der Waals surface area contributed by atoms with E-state index in [2.05, 4.69) is 33.8 Å². The summed E-state index contributed by atoms with van der Waals surface area (Å²) in [4.78, 5) is 44.1. The molecular formula is C46H56N6O12. The van der Waals surface area contributed by atoms with Gasteiger partial charge in [0.25, 0.3) is 0 Å². The van der Waals surface area contributed by atoms with Crippen LogP contribution in [-0.2, 0) is 19.1 Å². The molecule has 342 valence electrons. The number of aliphatic hydroxyl groups excluding tert-OH is 8. The number of nitrogens with one attached hydrogen (secondary N) is 4. The largest absolute Gasteiger partial charge is 0.394 e. The Kier molecular flexibility index (Phi) is 13.8. The molecule has 18 nitrogen and oxygen atoms in total. The summed E-state index contributed by atoms with van der Waals surface area (Å²) in [6.45, 7) is 14.6. The Morgan fingerprint density at radius 1 is 0.609 bits per heavy atom. The summed E-state index contributed by atoms with van der Waals surface area (Å²) in [5.74, 6) is -1.12. The number of carbonyl (C=O) groups excluding carboxylic acids is 2. The van der Waals surface area contributed by atoms with Crippen molar-refractivity contribution in [2.45, 2.75) is 115 Å². The number of aromatic nitrogens is 4. The molecule has 7 heterocycles. The van der Waals surface area contributed by atoms with Gasteiger partial charge >= 0.3 is 0 Å². The van der Waals surface area contributed by atoms with Gasteiger partial charge in [0.15, 0.2) is 12.6 Å². The predicted octanol–water partition coefficient (Wildman–Crippen LogP) is 1.47. The molecule has 0 aromatic carbocycles. The van der Waals surface area contributed by atoms with Crippen molar-refractivity contribution < 1.29 is 59.9 Å². The molecule has 64 heavy (non-hydrogen) atoms. The minimum atomic E-state index is -1.69. The molecule has 4 aliphatic rings. The summed E-state index contributed by atoms with van der Waals surface area (Å²) in [5, 5.41) is 87.2. The van der Waals surface area contributed by atoms with E-state index in [0.29, 0.717) is 33.9 Å². The average molecular weight is 885 g/mol. The minimum Gasteiger partial charge on any atom is -0.394 e. The molecule has 10 atom stereocenters. The molecule has 12 N–H and O–H groups in total. The van der Waals surface area contributed by atoms with E-state index < -0.39 is 86.3 Å². The lowest BCUT2D eigenvalue weighted by Gasteiger charge is -2.40. The fourth-order valence-corrected chi connectivity index (χ4v) is 8.80. The number of nitrogens with zero attached hydrogens (tertiary/aromatic N) is 2. The Labute approximate surface area is 368 Å². The number of hydrogen-bond acceptors (Lipinski definition) is 14. The van der Waals surface area contributed by atoms with Gasteiger partial charge in [-0.25, -0.2) is 9.97 Å². The zero-order valence-corrected chi connectivity index (χ0v) is 36.0. The van der Waals surface area contributed by atoms with Gasteiger partial charge in [-0.05, 0) is 98.2 Å². The van der Waals surface area contributed by atoms with Crippen molar-refractivity contribution in [3.8, 4) is 0 Å². The van der Waals surface area contributed by atoms with Crippen molar-refractivity contribution in [1.82, 2.24) is 30.6 Å². The SMILES string of the molecule is C=Cc1c(C)c2cc3[nH]c(cc4nc(cc5nc(cc1[nH]2)C(C)=C5CCC(=O)NC1C(O)OC(CO)C(O)C1O)C(CCC(=O)NC1C(O)OC(CO)C(O)C1O)=C4C)c(C=C)c3C. The number of aryl methyl sites for hydroxylation is 2. The van der Waals surface area contributed by atoms with Gasteiger partial charge < -0.3 is 70.9 Å². The molecule has 2 fully saturated rings. The summed E-state index contributed by atoms with van der Waals surface area (Å²) in [6.07, 6.45) is -8.62. The van der Waals surface area contributed by atoms with Crippen LogP contribution < -0.4 is 10.6 Å². The molecule has 8 bridgehead atoms. The third-order valence-corrected chi connectivity index (χ3v) is 12.7. The number of aromatic amines is 2. The van der Waals surface area contributed by atoms with Gasteiger partial charge in [-0.3, -0.25) is 9.59 Å². The lowest BCUT2D eigenvalue weighted by atomic mass is 9.96. The fourth-order valence-electron chi connectivity index (χ4n) is 8.80. The smallest absolute Gasteiger partial charge is 0.220 e. The zero-order valence-electron chi connectivity index (χ0n) is 36.0. The van der Waals surface area contributed by atoms with Crippen molar-refractivity contribution >= 4 is 68.3 Å². The molecular weight excluding hydrogens is 829 g/mol. The van der Waals surface area contributed by atoms with Crippen LogP contribution in [0.25, 0.3) is 56.5 Å². The lowest BCUT2D eigenvalue weighted by molar-refractivity contribution is -0.253. The second-order valence-electron chi connectivity index (χ2n) is 16.6. The summed E-state index contributed by atoms with van der Waals surface area (Å²) in [5.41, 5.74) is 11.9. The molecule has 4 aliphatic heterocycles. The molecule has 0 radical (unpaired) electrons. The van der Waals surface area contributed by atoms with Crippen molar-refractivity contribution in [3.05, 3.63) is 82.5 Å². The number of rotatable bonds is 12. The Bertz CT molecular complexity index is 2410. The molecule has 7 rings (SSSR count). The first-order chi connectivity index (χ1) is 30.5. The Hall–Kier alpha value is -5.38. The first-order valence-electron chi connectivity index (χ1n) is 21.1. The van der Waals surface area contributed by atoms with E-state index in [0.717, 1.165) is 55.5 Å². The average Bonchev–Trinajstić information content (AvgIpc) is 3.93. The highest BCUT2D eigenvalue weighted by atomic mass is 16.6.